The quantitative estimate of drug-likeness (QED) is 0.114. The molecule has 16 rings (SSSR count). The SMILES string of the molecule is N#Cc1ccc(-c2ccc(-c3ccc(-c4ccc(-c5nc(-c6ccccc6)cc(-c6ccc(-c7ccc(-c8cc(-c9ccccc9)nc(-c9ccc(-c%10ccc(-c%11ccc(-c%12cccc(C#N)c%12)cc%11)c%11ccccc%10%11)cc9)n8)cc7)cc6)n5)cc4)c4ccccc34)cc2)cc1. The van der Waals surface area contributed by atoms with Gasteiger partial charge in [0.1, 0.15) is 0 Å². The standard InChI is InChI=1S/C90H56N6/c91-57-59-22-24-61(25-23-59)62-26-34-66(35-27-62)77-50-52-79(83-20-9-7-18-81(77)83)68-38-46-74(47-39-68)89-93-85(70-13-3-1-4-14-70)55-87(95-89)72-42-30-63(31-43-72)64-32-44-73(45-33-64)88-56-86(71-15-5-2-6-16-71)94-90(96-88)75-48-40-69(41-49-75)80-53-51-78(82-19-8-10-21-84(80)82)67-36-28-65(29-37-67)76-17-11-12-60(54-76)58-92/h1-56H. The molecular formula is C90H56N6. The highest BCUT2D eigenvalue weighted by atomic mass is 14.9. The van der Waals surface area contributed by atoms with E-state index in [4.69, 9.17) is 19.9 Å². The Morgan fingerprint density at radius 3 is 0.750 bits per heavy atom. The van der Waals surface area contributed by atoms with E-state index in [1.54, 1.807) is 0 Å². The molecule has 0 aliphatic heterocycles. The third-order valence-corrected chi connectivity index (χ3v) is 18.1. The fraction of sp³-hybridized carbons (Fsp3) is 0. The third kappa shape index (κ3) is 11.6. The summed E-state index contributed by atoms with van der Waals surface area (Å²) in [4.78, 5) is 20.9. The highest BCUT2D eigenvalue weighted by Crippen LogP contribution is 2.41. The average Bonchev–Trinajstić information content (AvgIpc) is 0.870. The van der Waals surface area contributed by atoms with Crippen LogP contribution in [-0.2, 0) is 0 Å². The van der Waals surface area contributed by atoms with Crippen LogP contribution in [0.4, 0.5) is 0 Å². The summed E-state index contributed by atoms with van der Waals surface area (Å²) in [7, 11) is 0. The molecule has 0 spiro atoms. The van der Waals surface area contributed by atoms with Crippen LogP contribution in [0.25, 0.3) is 167 Å². The smallest absolute Gasteiger partial charge is 0.160 e. The Balaban J connectivity index is 0.654. The minimum absolute atomic E-state index is 0.650. The van der Waals surface area contributed by atoms with Gasteiger partial charge in [0.2, 0.25) is 0 Å². The van der Waals surface area contributed by atoms with Gasteiger partial charge in [-0.05, 0) is 136 Å². The second-order valence-electron chi connectivity index (χ2n) is 23.9. The van der Waals surface area contributed by atoms with E-state index in [1.165, 1.54) is 27.1 Å². The molecule has 0 radical (unpaired) electrons. The fourth-order valence-electron chi connectivity index (χ4n) is 13.0. The van der Waals surface area contributed by atoms with Crippen molar-refractivity contribution in [3.8, 4) is 158 Å². The predicted molar refractivity (Wildman–Crippen MR) is 393 cm³/mol. The van der Waals surface area contributed by atoms with Crippen molar-refractivity contribution >= 4 is 21.5 Å². The lowest BCUT2D eigenvalue weighted by Crippen LogP contribution is -1.96. The molecule has 0 aliphatic rings. The van der Waals surface area contributed by atoms with Gasteiger partial charge in [-0.1, -0.05) is 303 Å². The Morgan fingerprint density at radius 2 is 0.427 bits per heavy atom. The molecule has 6 nitrogen and oxygen atoms in total. The Hall–Kier alpha value is -13.3. The largest absolute Gasteiger partial charge is 0.228 e. The lowest BCUT2D eigenvalue weighted by Gasteiger charge is -2.14. The van der Waals surface area contributed by atoms with Crippen LogP contribution in [0.5, 0.6) is 0 Å². The van der Waals surface area contributed by atoms with Crippen LogP contribution in [0.1, 0.15) is 11.1 Å². The molecule has 0 fully saturated rings. The van der Waals surface area contributed by atoms with E-state index in [0.29, 0.717) is 22.8 Å². The van der Waals surface area contributed by atoms with E-state index >= 15 is 0 Å². The average molecular weight is 1220 g/mol. The van der Waals surface area contributed by atoms with Gasteiger partial charge in [-0.3, -0.25) is 0 Å². The van der Waals surface area contributed by atoms with E-state index < -0.39 is 0 Å². The second kappa shape index (κ2) is 25.4. The van der Waals surface area contributed by atoms with Crippen molar-refractivity contribution in [3.63, 3.8) is 0 Å². The number of fused-ring (bicyclic) bond motifs is 2. The van der Waals surface area contributed by atoms with Crippen LogP contribution < -0.4 is 0 Å². The molecule has 2 aromatic heterocycles. The van der Waals surface area contributed by atoms with Crippen molar-refractivity contribution in [1.82, 2.24) is 19.9 Å². The van der Waals surface area contributed by atoms with E-state index in [9.17, 15) is 10.5 Å². The molecule has 0 atom stereocenters. The van der Waals surface area contributed by atoms with E-state index in [1.807, 2.05) is 84.9 Å². The van der Waals surface area contributed by atoms with Gasteiger partial charge >= 0.3 is 0 Å². The molecule has 0 amide bonds. The van der Waals surface area contributed by atoms with Gasteiger partial charge in [0.05, 0.1) is 46.0 Å². The van der Waals surface area contributed by atoms with E-state index in [-0.39, 0.29) is 0 Å². The molecule has 446 valence electrons. The van der Waals surface area contributed by atoms with Crippen molar-refractivity contribution in [1.29, 1.82) is 10.5 Å². The number of hydrogen-bond donors (Lipinski definition) is 0. The zero-order valence-corrected chi connectivity index (χ0v) is 52.0. The van der Waals surface area contributed by atoms with Crippen LogP contribution in [0.15, 0.2) is 340 Å². The van der Waals surface area contributed by atoms with Gasteiger partial charge in [-0.2, -0.15) is 10.5 Å². The number of benzene rings is 14. The summed E-state index contributed by atoms with van der Waals surface area (Å²) < 4.78 is 0. The van der Waals surface area contributed by atoms with Gasteiger partial charge in [-0.25, -0.2) is 19.9 Å². The topological polar surface area (TPSA) is 99.1 Å². The maximum Gasteiger partial charge on any atom is 0.160 e. The number of aromatic nitrogens is 4. The van der Waals surface area contributed by atoms with Gasteiger partial charge in [-0.15, -0.1) is 0 Å². The first-order chi connectivity index (χ1) is 47.4. The zero-order valence-electron chi connectivity index (χ0n) is 52.0. The zero-order chi connectivity index (χ0) is 64.3. The second-order valence-corrected chi connectivity index (χ2v) is 23.9. The van der Waals surface area contributed by atoms with Crippen molar-refractivity contribution in [2.75, 3.05) is 0 Å². The number of nitrogens with zero attached hydrogens (tertiary/aromatic N) is 6. The third-order valence-electron chi connectivity index (χ3n) is 18.1. The highest BCUT2D eigenvalue weighted by Gasteiger charge is 2.18. The Kier molecular flexibility index (Phi) is 15.3. The van der Waals surface area contributed by atoms with Gasteiger partial charge in [0, 0.05) is 33.4 Å². The predicted octanol–water partition coefficient (Wildman–Crippen LogP) is 23.0. The van der Waals surface area contributed by atoms with Crippen LogP contribution in [0.2, 0.25) is 0 Å². The molecule has 96 heavy (non-hydrogen) atoms. The lowest BCUT2D eigenvalue weighted by molar-refractivity contribution is 1.18. The molecular weight excluding hydrogens is 1170 g/mol. The van der Waals surface area contributed by atoms with Gasteiger partial charge in [0.25, 0.3) is 0 Å². The van der Waals surface area contributed by atoms with Crippen LogP contribution in [0.3, 0.4) is 0 Å². The molecule has 0 bridgehead atoms. The molecule has 0 N–H and O–H groups in total. The summed E-state index contributed by atoms with van der Waals surface area (Å²) in [5, 5.41) is 23.5. The highest BCUT2D eigenvalue weighted by molar-refractivity contribution is 6.06. The summed E-state index contributed by atoms with van der Waals surface area (Å²) in [6.45, 7) is 0. The van der Waals surface area contributed by atoms with E-state index in [2.05, 4.69) is 267 Å². The molecule has 16 aromatic rings. The maximum atomic E-state index is 9.48. The van der Waals surface area contributed by atoms with Crippen LogP contribution >= 0.6 is 0 Å². The molecule has 0 saturated carbocycles. The lowest BCUT2D eigenvalue weighted by atomic mass is 9.91. The molecule has 2 heterocycles. The Morgan fingerprint density at radius 1 is 0.177 bits per heavy atom. The Bertz CT molecular complexity index is 5640. The number of nitriles is 2. The van der Waals surface area contributed by atoms with Crippen molar-refractivity contribution in [3.05, 3.63) is 351 Å². The molecule has 0 unspecified atom stereocenters. The summed E-state index contributed by atoms with van der Waals surface area (Å²) in [6, 6.07) is 123. The molecule has 0 saturated heterocycles. The van der Waals surface area contributed by atoms with Crippen molar-refractivity contribution in [2.24, 2.45) is 0 Å². The minimum atomic E-state index is 0.650. The fourth-order valence-corrected chi connectivity index (χ4v) is 13.0. The normalized spacial score (nSPS) is 11.1. The molecule has 14 aromatic carbocycles. The van der Waals surface area contributed by atoms with Gasteiger partial charge in [0.15, 0.2) is 11.6 Å². The monoisotopic (exact) mass is 1220 g/mol. The summed E-state index contributed by atoms with van der Waals surface area (Å²) >= 11 is 0. The summed E-state index contributed by atoms with van der Waals surface area (Å²) in [6.07, 6.45) is 0. The van der Waals surface area contributed by atoms with Gasteiger partial charge < -0.3 is 0 Å². The molecule has 6 heteroatoms. The van der Waals surface area contributed by atoms with E-state index in [0.717, 1.165) is 128 Å². The Labute approximate surface area is 557 Å². The van der Waals surface area contributed by atoms with Crippen molar-refractivity contribution in [2.45, 2.75) is 0 Å². The maximum absolute atomic E-state index is 9.48. The summed E-state index contributed by atoms with van der Waals surface area (Å²) in [5.74, 6) is 1.30. The summed E-state index contributed by atoms with van der Waals surface area (Å²) in [5.41, 5.74) is 26.1. The number of rotatable bonds is 13. The van der Waals surface area contributed by atoms with Crippen molar-refractivity contribution < 1.29 is 0 Å². The van der Waals surface area contributed by atoms with Crippen LogP contribution in [0, 0.1) is 22.7 Å². The first-order valence-corrected chi connectivity index (χ1v) is 32.0. The van der Waals surface area contributed by atoms with Crippen LogP contribution in [-0.4, -0.2) is 19.9 Å². The first kappa shape index (κ1) is 57.9. The number of hydrogen-bond acceptors (Lipinski definition) is 6. The minimum Gasteiger partial charge on any atom is -0.228 e. The first-order valence-electron chi connectivity index (χ1n) is 32.0. The molecule has 0 aliphatic carbocycles.